The van der Waals surface area contributed by atoms with Crippen LogP contribution in [0, 0.1) is 13.8 Å². The number of nitrogens with one attached hydrogen (secondary N) is 1. The maximum Gasteiger partial charge on any atom is 0.258 e. The average molecular weight is 351 g/mol. The molecule has 0 spiro atoms. The van der Waals surface area contributed by atoms with Crippen molar-refractivity contribution < 1.29 is 14.6 Å². The van der Waals surface area contributed by atoms with Crippen LogP contribution in [0.15, 0.2) is 54.6 Å². The highest BCUT2D eigenvalue weighted by Gasteiger charge is 2.14. The van der Waals surface area contributed by atoms with E-state index in [2.05, 4.69) is 10.4 Å². The van der Waals surface area contributed by atoms with E-state index in [1.54, 1.807) is 18.2 Å². The lowest BCUT2D eigenvalue weighted by Crippen LogP contribution is -2.28. The third-order valence-electron chi connectivity index (χ3n) is 4.13. The summed E-state index contributed by atoms with van der Waals surface area (Å²) in [7, 11) is 0. The van der Waals surface area contributed by atoms with Crippen molar-refractivity contribution in [2.75, 3.05) is 6.61 Å². The van der Waals surface area contributed by atoms with Crippen LogP contribution in [-0.4, -0.2) is 27.4 Å². The molecule has 1 amide bonds. The first kappa shape index (κ1) is 17.5. The van der Waals surface area contributed by atoms with Gasteiger partial charge in [-0.2, -0.15) is 5.10 Å². The van der Waals surface area contributed by atoms with Crippen LogP contribution < -0.4 is 10.1 Å². The lowest BCUT2D eigenvalue weighted by Gasteiger charge is -2.09. The van der Waals surface area contributed by atoms with E-state index >= 15 is 0 Å². The molecule has 0 aliphatic carbocycles. The third kappa shape index (κ3) is 3.85. The number of hydrogen-bond donors (Lipinski definition) is 2. The zero-order chi connectivity index (χ0) is 18.5. The van der Waals surface area contributed by atoms with Crippen molar-refractivity contribution in [3.63, 3.8) is 0 Å². The quantitative estimate of drug-likeness (QED) is 0.716. The maximum atomic E-state index is 12.1. The second-order valence-electron chi connectivity index (χ2n) is 5.93. The number of rotatable bonds is 6. The molecule has 26 heavy (non-hydrogen) atoms. The van der Waals surface area contributed by atoms with Gasteiger partial charge < -0.3 is 15.2 Å². The maximum absolute atomic E-state index is 12.1. The van der Waals surface area contributed by atoms with Crippen LogP contribution in [0.5, 0.6) is 11.5 Å². The molecule has 3 rings (SSSR count). The largest absolute Gasteiger partial charge is 0.504 e. The molecule has 134 valence electrons. The summed E-state index contributed by atoms with van der Waals surface area (Å²) in [4.78, 5) is 12.1. The Labute approximate surface area is 152 Å². The Morgan fingerprint density at radius 3 is 2.54 bits per heavy atom. The van der Waals surface area contributed by atoms with Crippen molar-refractivity contribution in [2.45, 2.75) is 20.4 Å². The van der Waals surface area contributed by atoms with Crippen molar-refractivity contribution >= 4 is 5.91 Å². The molecule has 6 nitrogen and oxygen atoms in total. The number of hydrogen-bond acceptors (Lipinski definition) is 4. The minimum atomic E-state index is -0.264. The standard InChI is InChI=1S/C20H21N3O3/c1-14-17(15(2)23(22-14)16-8-4-3-5-9-16)12-21-20(25)13-26-19-11-7-6-10-18(19)24/h3-11,24H,12-13H2,1-2H3,(H,21,25). The summed E-state index contributed by atoms with van der Waals surface area (Å²) >= 11 is 0. The summed E-state index contributed by atoms with van der Waals surface area (Å²) in [6, 6.07) is 16.4. The van der Waals surface area contributed by atoms with Crippen molar-refractivity contribution in [3.05, 3.63) is 71.5 Å². The molecule has 1 aromatic heterocycles. The lowest BCUT2D eigenvalue weighted by molar-refractivity contribution is -0.123. The summed E-state index contributed by atoms with van der Waals surface area (Å²) in [5, 5.41) is 17.0. The van der Waals surface area contributed by atoms with Crippen LogP contribution in [0.1, 0.15) is 17.0 Å². The normalized spacial score (nSPS) is 10.5. The molecule has 2 aromatic carbocycles. The predicted octanol–water partition coefficient (Wildman–Crippen LogP) is 2.89. The Morgan fingerprint density at radius 2 is 1.81 bits per heavy atom. The van der Waals surface area contributed by atoms with Gasteiger partial charge in [0.15, 0.2) is 18.1 Å². The van der Waals surface area contributed by atoms with E-state index in [0.29, 0.717) is 6.54 Å². The molecule has 0 saturated carbocycles. The van der Waals surface area contributed by atoms with E-state index in [-0.39, 0.29) is 24.0 Å². The minimum Gasteiger partial charge on any atom is -0.504 e. The van der Waals surface area contributed by atoms with Gasteiger partial charge in [0.25, 0.3) is 5.91 Å². The van der Waals surface area contributed by atoms with E-state index in [4.69, 9.17) is 4.74 Å². The number of carbonyl (C=O) groups excluding carboxylic acids is 1. The Hall–Kier alpha value is -3.28. The van der Waals surface area contributed by atoms with Crippen LogP contribution in [0.25, 0.3) is 5.69 Å². The SMILES string of the molecule is Cc1nn(-c2ccccc2)c(C)c1CNC(=O)COc1ccccc1O. The second-order valence-corrected chi connectivity index (χ2v) is 5.93. The predicted molar refractivity (Wildman–Crippen MR) is 98.5 cm³/mol. The fourth-order valence-electron chi connectivity index (χ4n) is 2.71. The Morgan fingerprint density at radius 1 is 1.12 bits per heavy atom. The highest BCUT2D eigenvalue weighted by atomic mass is 16.5. The average Bonchev–Trinajstić information content (AvgIpc) is 2.94. The summed E-state index contributed by atoms with van der Waals surface area (Å²) in [5.41, 5.74) is 3.81. The molecule has 0 fully saturated rings. The molecule has 3 aromatic rings. The van der Waals surface area contributed by atoms with Crippen LogP contribution in [0.4, 0.5) is 0 Å². The number of aromatic hydroxyl groups is 1. The zero-order valence-electron chi connectivity index (χ0n) is 14.8. The van der Waals surface area contributed by atoms with Gasteiger partial charge in [-0.25, -0.2) is 4.68 Å². The number of aryl methyl sites for hydroxylation is 1. The van der Waals surface area contributed by atoms with Gasteiger partial charge in [-0.3, -0.25) is 4.79 Å². The molecule has 1 heterocycles. The fraction of sp³-hybridized carbons (Fsp3) is 0.200. The molecule has 0 aliphatic heterocycles. The molecule has 0 radical (unpaired) electrons. The number of amides is 1. The molecule has 0 unspecified atom stereocenters. The molecule has 0 atom stereocenters. The number of aromatic nitrogens is 2. The second kappa shape index (κ2) is 7.74. The molecule has 0 bridgehead atoms. The highest BCUT2D eigenvalue weighted by molar-refractivity contribution is 5.77. The Kier molecular flexibility index (Phi) is 5.22. The van der Waals surface area contributed by atoms with Gasteiger partial charge in [0.05, 0.1) is 11.4 Å². The van der Waals surface area contributed by atoms with Gasteiger partial charge in [0.2, 0.25) is 0 Å². The van der Waals surface area contributed by atoms with Crippen LogP contribution in [0.2, 0.25) is 0 Å². The number of para-hydroxylation sites is 3. The molecular weight excluding hydrogens is 330 g/mol. The minimum absolute atomic E-state index is 0.0103. The molecule has 2 N–H and O–H groups in total. The Balaban J connectivity index is 1.62. The Bertz CT molecular complexity index is 904. The molecule has 6 heteroatoms. The van der Waals surface area contributed by atoms with Gasteiger partial charge in [-0.1, -0.05) is 30.3 Å². The number of benzene rings is 2. The van der Waals surface area contributed by atoms with Crippen molar-refractivity contribution in [1.29, 1.82) is 0 Å². The van der Waals surface area contributed by atoms with E-state index < -0.39 is 0 Å². The van der Waals surface area contributed by atoms with Crippen molar-refractivity contribution in [2.24, 2.45) is 0 Å². The van der Waals surface area contributed by atoms with Gasteiger partial charge in [-0.15, -0.1) is 0 Å². The number of ether oxygens (including phenoxy) is 1. The molecule has 0 aliphatic rings. The van der Waals surface area contributed by atoms with Gasteiger partial charge in [0, 0.05) is 17.8 Å². The number of phenols is 1. The third-order valence-corrected chi connectivity index (χ3v) is 4.13. The monoisotopic (exact) mass is 351 g/mol. The summed E-state index contributed by atoms with van der Waals surface area (Å²) < 4.78 is 7.21. The van der Waals surface area contributed by atoms with Crippen LogP contribution in [0.3, 0.4) is 0 Å². The van der Waals surface area contributed by atoms with Crippen LogP contribution in [-0.2, 0) is 11.3 Å². The number of phenolic OH excluding ortho intramolecular Hbond substituents is 1. The molecule has 0 saturated heterocycles. The van der Waals surface area contributed by atoms with E-state index in [1.807, 2.05) is 48.9 Å². The zero-order valence-corrected chi connectivity index (χ0v) is 14.8. The van der Waals surface area contributed by atoms with E-state index in [0.717, 1.165) is 22.6 Å². The number of nitrogens with zero attached hydrogens (tertiary/aromatic N) is 2. The van der Waals surface area contributed by atoms with E-state index in [9.17, 15) is 9.90 Å². The first-order chi connectivity index (χ1) is 12.6. The fourth-order valence-corrected chi connectivity index (χ4v) is 2.71. The van der Waals surface area contributed by atoms with E-state index in [1.165, 1.54) is 6.07 Å². The first-order valence-electron chi connectivity index (χ1n) is 8.34. The van der Waals surface area contributed by atoms with Gasteiger partial charge >= 0.3 is 0 Å². The van der Waals surface area contributed by atoms with Crippen LogP contribution >= 0.6 is 0 Å². The highest BCUT2D eigenvalue weighted by Crippen LogP contribution is 2.24. The summed E-state index contributed by atoms with van der Waals surface area (Å²) in [6.07, 6.45) is 0. The lowest BCUT2D eigenvalue weighted by atomic mass is 10.2. The topological polar surface area (TPSA) is 76.4 Å². The number of carbonyl (C=O) groups is 1. The van der Waals surface area contributed by atoms with Crippen molar-refractivity contribution in [1.82, 2.24) is 15.1 Å². The summed E-state index contributed by atoms with van der Waals surface area (Å²) in [6.45, 7) is 4.11. The first-order valence-corrected chi connectivity index (χ1v) is 8.34. The molecular formula is C20H21N3O3. The van der Waals surface area contributed by atoms with Crippen molar-refractivity contribution in [3.8, 4) is 17.2 Å². The summed E-state index contributed by atoms with van der Waals surface area (Å²) in [5.74, 6) is 0.0301. The smallest absolute Gasteiger partial charge is 0.258 e. The van der Waals surface area contributed by atoms with Gasteiger partial charge in [0.1, 0.15) is 0 Å². The van der Waals surface area contributed by atoms with Gasteiger partial charge in [-0.05, 0) is 38.1 Å².